The fraction of sp³-hybridized carbons (Fsp3) is 0.300. The molecular weight excluding hydrogens is 426 g/mol. The average molecular weight is 446 g/mol. The fourth-order valence-electron chi connectivity index (χ4n) is 3.30. The van der Waals surface area contributed by atoms with Crippen molar-refractivity contribution in [1.82, 2.24) is 4.90 Å². The molecule has 7 nitrogen and oxygen atoms in total. The Labute approximate surface area is 171 Å². The van der Waals surface area contributed by atoms with Crippen LogP contribution in [0.1, 0.15) is 5.56 Å². The fourth-order valence-corrected chi connectivity index (χ4v) is 3.77. The van der Waals surface area contributed by atoms with Gasteiger partial charge in [0.25, 0.3) is 0 Å². The molecule has 0 bridgehead atoms. The first-order valence-corrected chi connectivity index (χ1v) is 9.82. The molecule has 2 heterocycles. The molecule has 1 saturated heterocycles. The lowest BCUT2D eigenvalue weighted by Crippen LogP contribution is -2.37. The first-order chi connectivity index (χ1) is 13.5. The van der Waals surface area contributed by atoms with E-state index in [4.69, 9.17) is 9.47 Å². The Balaban J connectivity index is 1.41. The largest absolute Gasteiger partial charge is 0.486 e. The topological polar surface area (TPSA) is 71.1 Å². The van der Waals surface area contributed by atoms with E-state index in [1.54, 1.807) is 15.9 Å². The van der Waals surface area contributed by atoms with Gasteiger partial charge in [-0.25, -0.2) is 4.79 Å². The number of fused-ring (bicyclic) bond motifs is 1. The zero-order chi connectivity index (χ0) is 19.7. The predicted octanol–water partition coefficient (Wildman–Crippen LogP) is 3.41. The minimum absolute atomic E-state index is 0.00931. The van der Waals surface area contributed by atoms with Gasteiger partial charge in [0.2, 0.25) is 5.91 Å². The molecule has 0 spiro atoms. The third-order valence-electron chi connectivity index (χ3n) is 4.73. The van der Waals surface area contributed by atoms with E-state index < -0.39 is 0 Å². The number of carbonyl (C=O) groups excluding carboxylic acids is 2. The number of hydrogen-bond donors (Lipinski definition) is 1. The van der Waals surface area contributed by atoms with E-state index in [1.807, 2.05) is 37.3 Å². The number of carbonyl (C=O) groups is 2. The normalized spacial score (nSPS) is 15.7. The van der Waals surface area contributed by atoms with Gasteiger partial charge in [-0.1, -0.05) is 15.9 Å². The molecule has 0 saturated carbocycles. The molecule has 28 heavy (non-hydrogen) atoms. The highest BCUT2D eigenvalue weighted by atomic mass is 79.9. The Morgan fingerprint density at radius 2 is 1.89 bits per heavy atom. The number of benzene rings is 2. The van der Waals surface area contributed by atoms with Crippen LogP contribution in [-0.2, 0) is 4.79 Å². The molecule has 0 aromatic heterocycles. The highest BCUT2D eigenvalue weighted by Crippen LogP contribution is 2.35. The minimum atomic E-state index is -0.220. The zero-order valence-electron chi connectivity index (χ0n) is 15.4. The smallest absolute Gasteiger partial charge is 0.325 e. The number of nitrogens with zero attached hydrogens (tertiary/aromatic N) is 2. The molecule has 4 rings (SSSR count). The van der Waals surface area contributed by atoms with Crippen LogP contribution in [0, 0.1) is 6.92 Å². The molecule has 1 fully saturated rings. The monoisotopic (exact) mass is 445 g/mol. The second kappa shape index (κ2) is 7.71. The summed E-state index contributed by atoms with van der Waals surface area (Å²) in [5, 5.41) is 2.87. The molecule has 146 valence electrons. The Morgan fingerprint density at radius 3 is 2.68 bits per heavy atom. The third-order valence-corrected chi connectivity index (χ3v) is 5.22. The second-order valence-electron chi connectivity index (χ2n) is 6.69. The summed E-state index contributed by atoms with van der Waals surface area (Å²) >= 11 is 3.41. The van der Waals surface area contributed by atoms with E-state index in [2.05, 4.69) is 21.2 Å². The average Bonchev–Trinajstić information content (AvgIpc) is 3.04. The summed E-state index contributed by atoms with van der Waals surface area (Å²) in [6, 6.07) is 10.9. The molecule has 3 amide bonds. The van der Waals surface area contributed by atoms with Gasteiger partial charge in [-0.2, -0.15) is 0 Å². The van der Waals surface area contributed by atoms with E-state index in [-0.39, 0.29) is 18.5 Å². The van der Waals surface area contributed by atoms with Crippen LogP contribution in [-0.4, -0.2) is 49.7 Å². The molecule has 0 unspecified atom stereocenters. The van der Waals surface area contributed by atoms with Crippen molar-refractivity contribution >= 4 is 39.2 Å². The summed E-state index contributed by atoms with van der Waals surface area (Å²) in [5.41, 5.74) is 2.43. The lowest BCUT2D eigenvalue weighted by molar-refractivity contribution is -0.116. The number of halogens is 1. The van der Waals surface area contributed by atoms with Crippen LogP contribution in [0.25, 0.3) is 0 Å². The standard InChI is InChI=1S/C20H20BrN3O4/c1-13-10-14(21)2-4-16(13)22-19(25)12-23-6-7-24(20(23)26)15-3-5-17-18(11-15)28-9-8-27-17/h2-5,10-11H,6-9,12H2,1H3,(H,22,25). The summed E-state index contributed by atoms with van der Waals surface area (Å²) in [4.78, 5) is 28.4. The molecule has 0 aliphatic carbocycles. The van der Waals surface area contributed by atoms with Crippen molar-refractivity contribution in [1.29, 1.82) is 0 Å². The minimum Gasteiger partial charge on any atom is -0.486 e. The summed E-state index contributed by atoms with van der Waals surface area (Å²) in [5.74, 6) is 1.10. The quantitative estimate of drug-likeness (QED) is 0.782. The van der Waals surface area contributed by atoms with Crippen LogP contribution in [0.15, 0.2) is 40.9 Å². The van der Waals surface area contributed by atoms with Crippen molar-refractivity contribution in [2.75, 3.05) is 43.1 Å². The first kappa shape index (κ1) is 18.6. The van der Waals surface area contributed by atoms with Crippen molar-refractivity contribution in [3.63, 3.8) is 0 Å². The van der Waals surface area contributed by atoms with Gasteiger partial charge in [0.05, 0.1) is 0 Å². The maximum Gasteiger partial charge on any atom is 0.325 e. The SMILES string of the molecule is Cc1cc(Br)ccc1NC(=O)CN1CCN(c2ccc3c(c2)OCCO3)C1=O. The Hall–Kier alpha value is -2.74. The van der Waals surface area contributed by atoms with Gasteiger partial charge in [-0.15, -0.1) is 0 Å². The van der Waals surface area contributed by atoms with Crippen LogP contribution in [0.5, 0.6) is 11.5 Å². The number of urea groups is 1. The number of rotatable bonds is 4. The molecule has 0 radical (unpaired) electrons. The predicted molar refractivity (Wildman–Crippen MR) is 109 cm³/mol. The lowest BCUT2D eigenvalue weighted by atomic mass is 10.2. The van der Waals surface area contributed by atoms with Gasteiger partial charge in [-0.3, -0.25) is 9.69 Å². The van der Waals surface area contributed by atoms with Crippen LogP contribution >= 0.6 is 15.9 Å². The van der Waals surface area contributed by atoms with Gasteiger partial charge >= 0.3 is 6.03 Å². The van der Waals surface area contributed by atoms with Crippen LogP contribution in [0.2, 0.25) is 0 Å². The number of aryl methyl sites for hydroxylation is 1. The van der Waals surface area contributed by atoms with Crippen LogP contribution < -0.4 is 19.7 Å². The third kappa shape index (κ3) is 3.77. The van der Waals surface area contributed by atoms with Crippen molar-refractivity contribution in [3.05, 3.63) is 46.4 Å². The van der Waals surface area contributed by atoms with Crippen molar-refractivity contribution < 1.29 is 19.1 Å². The van der Waals surface area contributed by atoms with E-state index in [0.29, 0.717) is 37.8 Å². The van der Waals surface area contributed by atoms with Gasteiger partial charge in [0.1, 0.15) is 19.8 Å². The van der Waals surface area contributed by atoms with E-state index in [0.717, 1.165) is 21.4 Å². The highest BCUT2D eigenvalue weighted by Gasteiger charge is 2.31. The van der Waals surface area contributed by atoms with Gasteiger partial charge in [-0.05, 0) is 42.8 Å². The number of amides is 3. The Kier molecular flexibility index (Phi) is 5.13. The van der Waals surface area contributed by atoms with Gasteiger partial charge in [0, 0.05) is 35.0 Å². The second-order valence-corrected chi connectivity index (χ2v) is 7.61. The Bertz CT molecular complexity index is 934. The van der Waals surface area contributed by atoms with Gasteiger partial charge in [0.15, 0.2) is 11.5 Å². The molecule has 2 aromatic rings. The molecule has 1 N–H and O–H groups in total. The summed E-state index contributed by atoms with van der Waals surface area (Å²) < 4.78 is 12.1. The summed E-state index contributed by atoms with van der Waals surface area (Å²) in [6.45, 7) is 3.95. The molecule has 2 aliphatic heterocycles. The van der Waals surface area contributed by atoms with Crippen molar-refractivity contribution in [2.45, 2.75) is 6.92 Å². The van der Waals surface area contributed by atoms with E-state index in [1.165, 1.54) is 0 Å². The maximum absolute atomic E-state index is 12.8. The molecule has 8 heteroatoms. The number of nitrogens with one attached hydrogen (secondary N) is 1. The summed E-state index contributed by atoms with van der Waals surface area (Å²) in [6.07, 6.45) is 0. The van der Waals surface area contributed by atoms with Crippen molar-refractivity contribution in [2.24, 2.45) is 0 Å². The summed E-state index contributed by atoms with van der Waals surface area (Å²) in [7, 11) is 0. The maximum atomic E-state index is 12.8. The van der Waals surface area contributed by atoms with Crippen molar-refractivity contribution in [3.8, 4) is 11.5 Å². The van der Waals surface area contributed by atoms with Crippen LogP contribution in [0.3, 0.4) is 0 Å². The number of anilines is 2. The molecular formula is C20H20BrN3O4. The highest BCUT2D eigenvalue weighted by molar-refractivity contribution is 9.10. The van der Waals surface area contributed by atoms with E-state index >= 15 is 0 Å². The molecule has 0 atom stereocenters. The zero-order valence-corrected chi connectivity index (χ0v) is 17.0. The van der Waals surface area contributed by atoms with E-state index in [9.17, 15) is 9.59 Å². The van der Waals surface area contributed by atoms with Gasteiger partial charge < -0.3 is 19.7 Å². The first-order valence-electron chi connectivity index (χ1n) is 9.03. The van der Waals surface area contributed by atoms with Crippen LogP contribution in [0.4, 0.5) is 16.2 Å². The lowest BCUT2D eigenvalue weighted by Gasteiger charge is -2.22. The Morgan fingerprint density at radius 1 is 1.11 bits per heavy atom. The number of hydrogen-bond acceptors (Lipinski definition) is 4. The molecule has 2 aromatic carbocycles. The number of ether oxygens (including phenoxy) is 2. The molecule has 2 aliphatic rings.